The number of nitrogen functional groups attached to an aromatic ring is 1. The lowest BCUT2D eigenvalue weighted by Gasteiger charge is -2.17. The lowest BCUT2D eigenvalue weighted by Crippen LogP contribution is -2.09. The van der Waals surface area contributed by atoms with E-state index < -0.39 is 11.7 Å². The van der Waals surface area contributed by atoms with Gasteiger partial charge in [0.2, 0.25) is 0 Å². The maximum absolute atomic E-state index is 13.2. The minimum absolute atomic E-state index is 0.0272. The summed E-state index contributed by atoms with van der Waals surface area (Å²) < 4.78 is 39.5. The van der Waals surface area contributed by atoms with E-state index in [4.69, 9.17) is 5.73 Å². The molecule has 100 valence electrons. The Hall–Kier alpha value is -1.49. The minimum atomic E-state index is -4.42. The van der Waals surface area contributed by atoms with Crippen LogP contribution in [0.5, 0.6) is 0 Å². The zero-order valence-corrected chi connectivity index (χ0v) is 11.6. The molecule has 0 aromatic heterocycles. The number of rotatable bonds is 1. The van der Waals surface area contributed by atoms with Crippen LogP contribution in [0.25, 0.3) is 11.1 Å². The molecule has 0 unspecified atom stereocenters. The molecule has 2 rings (SSSR count). The van der Waals surface area contributed by atoms with Gasteiger partial charge in [0.05, 0.1) is 5.56 Å². The highest BCUT2D eigenvalue weighted by molar-refractivity contribution is 9.10. The highest BCUT2D eigenvalue weighted by atomic mass is 79.9. The second kappa shape index (κ2) is 4.89. The van der Waals surface area contributed by atoms with Crippen LogP contribution in [0, 0.1) is 6.92 Å². The first-order chi connectivity index (χ1) is 8.82. The molecule has 0 bridgehead atoms. The maximum Gasteiger partial charge on any atom is 0.418 e. The molecular formula is C14H11BrF3N. The van der Waals surface area contributed by atoms with Crippen LogP contribution in [0.1, 0.15) is 11.1 Å². The van der Waals surface area contributed by atoms with E-state index in [0.29, 0.717) is 16.8 Å². The molecular weight excluding hydrogens is 319 g/mol. The van der Waals surface area contributed by atoms with Gasteiger partial charge in [0, 0.05) is 10.2 Å². The second-order valence-corrected chi connectivity index (χ2v) is 5.03. The third-order valence-electron chi connectivity index (χ3n) is 2.96. The molecule has 2 N–H and O–H groups in total. The number of halogens is 4. The van der Waals surface area contributed by atoms with Gasteiger partial charge in [0.25, 0.3) is 0 Å². The van der Waals surface area contributed by atoms with Crippen LogP contribution >= 0.6 is 15.9 Å². The Labute approximate surface area is 117 Å². The van der Waals surface area contributed by atoms with Crippen molar-refractivity contribution in [3.63, 3.8) is 0 Å². The number of anilines is 1. The maximum atomic E-state index is 13.2. The first kappa shape index (κ1) is 13.9. The van der Waals surface area contributed by atoms with Gasteiger partial charge in [-0.15, -0.1) is 0 Å². The number of benzene rings is 2. The Bertz CT molecular complexity index is 621. The van der Waals surface area contributed by atoms with Crippen LogP contribution in [0.3, 0.4) is 0 Å². The van der Waals surface area contributed by atoms with Crippen LogP contribution in [-0.4, -0.2) is 0 Å². The van der Waals surface area contributed by atoms with Gasteiger partial charge < -0.3 is 5.73 Å². The van der Waals surface area contributed by atoms with Gasteiger partial charge in [-0.25, -0.2) is 0 Å². The molecule has 0 saturated heterocycles. The molecule has 0 heterocycles. The van der Waals surface area contributed by atoms with Crippen molar-refractivity contribution < 1.29 is 13.2 Å². The van der Waals surface area contributed by atoms with E-state index in [9.17, 15) is 13.2 Å². The summed E-state index contributed by atoms with van der Waals surface area (Å²) in [5.74, 6) is 0. The predicted octanol–water partition coefficient (Wildman–Crippen LogP) is 5.03. The van der Waals surface area contributed by atoms with E-state index in [1.807, 2.05) is 0 Å². The Morgan fingerprint density at radius 1 is 1.00 bits per heavy atom. The Balaban J connectivity index is 2.77. The molecule has 5 heteroatoms. The Morgan fingerprint density at radius 2 is 1.58 bits per heavy atom. The molecule has 0 atom stereocenters. The largest absolute Gasteiger partial charge is 0.418 e. The zero-order valence-electron chi connectivity index (χ0n) is 10.1. The van der Waals surface area contributed by atoms with E-state index in [1.165, 1.54) is 12.1 Å². The molecule has 0 radical (unpaired) electrons. The highest BCUT2D eigenvalue weighted by Gasteiger charge is 2.36. The van der Waals surface area contributed by atoms with Crippen molar-refractivity contribution in [2.45, 2.75) is 13.1 Å². The molecule has 2 aromatic rings. The number of nitrogens with two attached hydrogens (primary N) is 1. The molecule has 2 aromatic carbocycles. The van der Waals surface area contributed by atoms with Crippen LogP contribution in [0.2, 0.25) is 0 Å². The van der Waals surface area contributed by atoms with E-state index >= 15 is 0 Å². The lowest BCUT2D eigenvalue weighted by atomic mass is 9.95. The zero-order chi connectivity index (χ0) is 14.2. The normalized spacial score (nSPS) is 11.6. The molecule has 1 nitrogen and oxygen atoms in total. The lowest BCUT2D eigenvalue weighted by molar-refractivity contribution is -0.137. The van der Waals surface area contributed by atoms with Gasteiger partial charge >= 0.3 is 6.18 Å². The summed E-state index contributed by atoms with van der Waals surface area (Å²) in [6, 6.07) is 9.38. The number of alkyl halides is 3. The summed E-state index contributed by atoms with van der Waals surface area (Å²) in [6.45, 7) is 1.71. The fourth-order valence-corrected chi connectivity index (χ4v) is 2.57. The van der Waals surface area contributed by atoms with Crippen molar-refractivity contribution in [1.29, 1.82) is 0 Å². The van der Waals surface area contributed by atoms with Crippen LogP contribution < -0.4 is 5.73 Å². The predicted molar refractivity (Wildman–Crippen MR) is 73.7 cm³/mol. The van der Waals surface area contributed by atoms with E-state index in [1.54, 1.807) is 31.2 Å². The van der Waals surface area contributed by atoms with Crippen LogP contribution in [-0.2, 0) is 6.18 Å². The summed E-state index contributed by atoms with van der Waals surface area (Å²) in [5, 5.41) is 0. The molecule has 19 heavy (non-hydrogen) atoms. The minimum Gasteiger partial charge on any atom is -0.398 e. The Kier molecular flexibility index (Phi) is 3.58. The fourth-order valence-electron chi connectivity index (χ4n) is 1.98. The van der Waals surface area contributed by atoms with Gasteiger partial charge in [0.1, 0.15) is 0 Å². The second-order valence-electron chi connectivity index (χ2n) is 4.18. The van der Waals surface area contributed by atoms with Gasteiger partial charge in [-0.2, -0.15) is 13.2 Å². The van der Waals surface area contributed by atoms with E-state index in [-0.39, 0.29) is 10.0 Å². The van der Waals surface area contributed by atoms with Crippen LogP contribution in [0.4, 0.5) is 18.9 Å². The molecule has 0 spiro atoms. The molecule has 0 fully saturated rings. The monoisotopic (exact) mass is 329 g/mol. The first-order valence-corrected chi connectivity index (χ1v) is 6.33. The number of hydrogen-bond donors (Lipinski definition) is 1. The van der Waals surface area contributed by atoms with Crippen molar-refractivity contribution in [2.24, 2.45) is 0 Å². The van der Waals surface area contributed by atoms with Gasteiger partial charge in [-0.05, 0) is 35.7 Å². The topological polar surface area (TPSA) is 26.0 Å². The highest BCUT2D eigenvalue weighted by Crippen LogP contribution is 2.42. The third kappa shape index (κ3) is 2.61. The third-order valence-corrected chi connectivity index (χ3v) is 3.62. The van der Waals surface area contributed by atoms with Crippen molar-refractivity contribution in [2.75, 3.05) is 5.73 Å². The van der Waals surface area contributed by atoms with Crippen molar-refractivity contribution in [3.8, 4) is 11.1 Å². The van der Waals surface area contributed by atoms with Gasteiger partial charge in [-0.3, -0.25) is 0 Å². The van der Waals surface area contributed by atoms with Crippen molar-refractivity contribution in [3.05, 3.63) is 52.0 Å². The quantitative estimate of drug-likeness (QED) is 0.730. The van der Waals surface area contributed by atoms with Gasteiger partial charge in [-0.1, -0.05) is 40.2 Å². The van der Waals surface area contributed by atoms with Crippen molar-refractivity contribution in [1.82, 2.24) is 0 Å². The molecule has 0 aliphatic carbocycles. The van der Waals surface area contributed by atoms with Crippen molar-refractivity contribution >= 4 is 21.6 Å². The number of hydrogen-bond acceptors (Lipinski definition) is 1. The average Bonchev–Trinajstić information content (AvgIpc) is 2.30. The molecule has 0 amide bonds. The SMILES string of the molecule is Cc1c(N)cccc1-c1cccc(Br)c1C(F)(F)F. The smallest absolute Gasteiger partial charge is 0.398 e. The van der Waals surface area contributed by atoms with Gasteiger partial charge in [0.15, 0.2) is 0 Å². The summed E-state index contributed by atoms with van der Waals surface area (Å²) >= 11 is 2.97. The first-order valence-electron chi connectivity index (χ1n) is 5.53. The molecule has 0 aliphatic rings. The fraction of sp³-hybridized carbons (Fsp3) is 0.143. The average molecular weight is 330 g/mol. The van der Waals surface area contributed by atoms with E-state index in [0.717, 1.165) is 0 Å². The standard InChI is InChI=1S/C14H11BrF3N/c1-8-9(4-3-7-12(8)19)10-5-2-6-11(15)13(10)14(16,17)18/h2-7H,19H2,1H3. The summed E-state index contributed by atoms with van der Waals surface area (Å²) in [4.78, 5) is 0. The molecule has 0 aliphatic heterocycles. The van der Waals surface area contributed by atoms with Crippen LogP contribution in [0.15, 0.2) is 40.9 Å². The summed E-state index contributed by atoms with van der Waals surface area (Å²) in [6.07, 6.45) is -4.42. The Morgan fingerprint density at radius 3 is 2.21 bits per heavy atom. The molecule has 0 saturated carbocycles. The van der Waals surface area contributed by atoms with E-state index in [2.05, 4.69) is 15.9 Å². The summed E-state index contributed by atoms with van der Waals surface area (Å²) in [5.41, 5.74) is 6.83. The summed E-state index contributed by atoms with van der Waals surface area (Å²) in [7, 11) is 0.